The molecule has 0 aromatic heterocycles. The van der Waals surface area contributed by atoms with Crippen LogP contribution in [0.1, 0.15) is 15.9 Å². The monoisotopic (exact) mass is 323 g/mol. The zero-order valence-corrected chi connectivity index (χ0v) is 11.7. The quantitative estimate of drug-likeness (QED) is 0.695. The van der Waals surface area contributed by atoms with Gasteiger partial charge in [-0.05, 0) is 40.2 Å². The maximum Gasteiger partial charge on any atom is 0.197 e. The van der Waals surface area contributed by atoms with Gasteiger partial charge >= 0.3 is 0 Å². The number of hydrogen-bond acceptors (Lipinski definition) is 3. The van der Waals surface area contributed by atoms with Crippen LogP contribution in [0, 0.1) is 5.82 Å². The van der Waals surface area contributed by atoms with E-state index in [2.05, 4.69) is 15.9 Å². The summed E-state index contributed by atoms with van der Waals surface area (Å²) in [5.41, 5.74) is 6.44. The molecule has 0 fully saturated rings. The van der Waals surface area contributed by atoms with Crippen molar-refractivity contribution in [2.45, 2.75) is 0 Å². The van der Waals surface area contributed by atoms with Crippen LogP contribution in [0.4, 0.5) is 10.1 Å². The maximum absolute atomic E-state index is 13.9. The van der Waals surface area contributed by atoms with Crippen LogP contribution in [0.2, 0.25) is 0 Å². The summed E-state index contributed by atoms with van der Waals surface area (Å²) in [6.07, 6.45) is 0. The summed E-state index contributed by atoms with van der Waals surface area (Å²) in [7, 11) is 1.44. The number of nitrogens with two attached hydrogens (primary N) is 1. The highest BCUT2D eigenvalue weighted by Crippen LogP contribution is 2.27. The number of ether oxygens (including phenoxy) is 1. The van der Waals surface area contributed by atoms with E-state index in [0.29, 0.717) is 21.5 Å². The molecule has 0 amide bonds. The number of anilines is 1. The van der Waals surface area contributed by atoms with Gasteiger partial charge in [0, 0.05) is 17.3 Å². The SMILES string of the molecule is COc1ccc(C(=O)c2cccc(N)c2Br)c(F)c1. The van der Waals surface area contributed by atoms with Gasteiger partial charge in [0.1, 0.15) is 11.6 Å². The fraction of sp³-hybridized carbons (Fsp3) is 0.0714. The van der Waals surface area contributed by atoms with E-state index >= 15 is 0 Å². The van der Waals surface area contributed by atoms with Crippen LogP contribution in [-0.4, -0.2) is 12.9 Å². The average Bonchev–Trinajstić information content (AvgIpc) is 2.41. The second kappa shape index (κ2) is 5.40. The minimum atomic E-state index is -0.626. The van der Waals surface area contributed by atoms with Gasteiger partial charge in [-0.3, -0.25) is 4.79 Å². The number of halogens is 2. The molecule has 3 nitrogen and oxygen atoms in total. The Balaban J connectivity index is 2.47. The van der Waals surface area contributed by atoms with E-state index in [0.717, 1.165) is 0 Å². The molecule has 0 saturated heterocycles. The molecule has 0 radical (unpaired) electrons. The molecule has 2 aromatic carbocycles. The topological polar surface area (TPSA) is 52.3 Å². The minimum absolute atomic E-state index is 0.0212. The molecule has 0 heterocycles. The van der Waals surface area contributed by atoms with Gasteiger partial charge in [-0.1, -0.05) is 6.07 Å². The highest BCUT2D eigenvalue weighted by Gasteiger charge is 2.18. The Labute approximate surface area is 118 Å². The number of carbonyl (C=O) groups excluding carboxylic acids is 1. The first-order chi connectivity index (χ1) is 9.04. The van der Waals surface area contributed by atoms with Crippen molar-refractivity contribution in [1.82, 2.24) is 0 Å². The Morgan fingerprint density at radius 1 is 1.26 bits per heavy atom. The molecule has 2 rings (SSSR count). The second-order valence-electron chi connectivity index (χ2n) is 3.88. The van der Waals surface area contributed by atoms with Crippen LogP contribution < -0.4 is 10.5 Å². The first-order valence-electron chi connectivity index (χ1n) is 5.47. The van der Waals surface area contributed by atoms with Crippen molar-refractivity contribution in [1.29, 1.82) is 0 Å². The third-order valence-electron chi connectivity index (χ3n) is 2.69. The molecular weight excluding hydrogens is 313 g/mol. The molecule has 0 aliphatic rings. The van der Waals surface area contributed by atoms with Gasteiger partial charge in [0.05, 0.1) is 17.1 Å². The van der Waals surface area contributed by atoms with Crippen molar-refractivity contribution < 1.29 is 13.9 Å². The predicted octanol–water partition coefficient (Wildman–Crippen LogP) is 3.41. The minimum Gasteiger partial charge on any atom is -0.497 e. The van der Waals surface area contributed by atoms with Crippen molar-refractivity contribution >= 4 is 27.4 Å². The lowest BCUT2D eigenvalue weighted by atomic mass is 10.0. The first kappa shape index (κ1) is 13.5. The summed E-state index contributed by atoms with van der Waals surface area (Å²) in [5.74, 6) is -0.696. The molecule has 98 valence electrons. The summed E-state index contributed by atoms with van der Waals surface area (Å²) in [5, 5.41) is 0. The van der Waals surface area contributed by atoms with E-state index < -0.39 is 11.6 Å². The molecule has 19 heavy (non-hydrogen) atoms. The van der Waals surface area contributed by atoms with Crippen LogP contribution in [0.15, 0.2) is 40.9 Å². The van der Waals surface area contributed by atoms with Gasteiger partial charge in [0.25, 0.3) is 0 Å². The third kappa shape index (κ3) is 2.61. The zero-order chi connectivity index (χ0) is 14.0. The molecule has 0 saturated carbocycles. The van der Waals surface area contributed by atoms with Gasteiger partial charge in [-0.25, -0.2) is 4.39 Å². The van der Waals surface area contributed by atoms with Crippen molar-refractivity contribution in [3.8, 4) is 5.75 Å². The Kier molecular flexibility index (Phi) is 3.85. The molecule has 5 heteroatoms. The molecular formula is C14H11BrFNO2. The Bertz CT molecular complexity index is 643. The Morgan fingerprint density at radius 3 is 2.63 bits per heavy atom. The number of hydrogen-bond donors (Lipinski definition) is 1. The van der Waals surface area contributed by atoms with Crippen LogP contribution in [0.3, 0.4) is 0 Å². The number of ketones is 1. The molecule has 0 bridgehead atoms. The largest absolute Gasteiger partial charge is 0.497 e. The first-order valence-corrected chi connectivity index (χ1v) is 6.26. The lowest BCUT2D eigenvalue weighted by Crippen LogP contribution is -2.06. The molecule has 0 aliphatic carbocycles. The smallest absolute Gasteiger partial charge is 0.197 e. The Hall–Kier alpha value is -1.88. The summed E-state index contributed by atoms with van der Waals surface area (Å²) >= 11 is 3.24. The van der Waals surface area contributed by atoms with Crippen molar-refractivity contribution in [2.24, 2.45) is 0 Å². The van der Waals surface area contributed by atoms with E-state index in [9.17, 15) is 9.18 Å². The van der Waals surface area contributed by atoms with E-state index in [1.54, 1.807) is 18.2 Å². The molecule has 2 N–H and O–H groups in total. The highest BCUT2D eigenvalue weighted by molar-refractivity contribution is 9.10. The van der Waals surface area contributed by atoms with E-state index in [4.69, 9.17) is 10.5 Å². The second-order valence-corrected chi connectivity index (χ2v) is 4.68. The molecule has 2 aromatic rings. The van der Waals surface area contributed by atoms with Gasteiger partial charge < -0.3 is 10.5 Å². The van der Waals surface area contributed by atoms with E-state index in [1.807, 2.05) is 0 Å². The summed E-state index contributed by atoms with van der Waals surface area (Å²) in [6, 6.07) is 9.00. The van der Waals surface area contributed by atoms with Crippen LogP contribution in [-0.2, 0) is 0 Å². The normalized spacial score (nSPS) is 10.3. The van der Waals surface area contributed by atoms with Crippen LogP contribution in [0.25, 0.3) is 0 Å². The lowest BCUT2D eigenvalue weighted by Gasteiger charge is -2.08. The molecule has 0 atom stereocenters. The van der Waals surface area contributed by atoms with Gasteiger partial charge in [0.2, 0.25) is 0 Å². The maximum atomic E-state index is 13.9. The molecule has 0 unspecified atom stereocenters. The van der Waals surface area contributed by atoms with Gasteiger partial charge in [-0.2, -0.15) is 0 Å². The number of methoxy groups -OCH3 is 1. The highest BCUT2D eigenvalue weighted by atomic mass is 79.9. The summed E-state index contributed by atoms with van der Waals surface area (Å²) < 4.78 is 19.2. The number of rotatable bonds is 3. The summed E-state index contributed by atoms with van der Waals surface area (Å²) in [6.45, 7) is 0. The third-order valence-corrected chi connectivity index (χ3v) is 3.58. The fourth-order valence-corrected chi connectivity index (χ4v) is 2.12. The Morgan fingerprint density at radius 2 is 2.00 bits per heavy atom. The van der Waals surface area contributed by atoms with Gasteiger partial charge in [0.15, 0.2) is 5.78 Å². The fourth-order valence-electron chi connectivity index (χ4n) is 1.68. The zero-order valence-electron chi connectivity index (χ0n) is 10.1. The average molecular weight is 324 g/mol. The van der Waals surface area contributed by atoms with Crippen LogP contribution in [0.5, 0.6) is 5.75 Å². The van der Waals surface area contributed by atoms with Crippen LogP contribution >= 0.6 is 15.9 Å². The molecule has 0 spiro atoms. The van der Waals surface area contributed by atoms with E-state index in [1.165, 1.54) is 25.3 Å². The van der Waals surface area contributed by atoms with Gasteiger partial charge in [-0.15, -0.1) is 0 Å². The standard InChI is InChI=1S/C14H11BrFNO2/c1-19-8-5-6-9(11(16)7-8)14(18)10-3-2-4-12(17)13(10)15/h2-7H,17H2,1H3. The number of carbonyl (C=O) groups is 1. The van der Waals surface area contributed by atoms with Crippen molar-refractivity contribution in [2.75, 3.05) is 12.8 Å². The van der Waals surface area contributed by atoms with Crippen molar-refractivity contribution in [3.05, 3.63) is 57.8 Å². The summed E-state index contributed by atoms with van der Waals surface area (Å²) in [4.78, 5) is 12.3. The van der Waals surface area contributed by atoms with E-state index in [-0.39, 0.29) is 5.56 Å². The molecule has 0 aliphatic heterocycles. The van der Waals surface area contributed by atoms with Crippen molar-refractivity contribution in [3.63, 3.8) is 0 Å². The number of nitrogen functional groups attached to an aromatic ring is 1. The predicted molar refractivity (Wildman–Crippen MR) is 74.9 cm³/mol. The lowest BCUT2D eigenvalue weighted by molar-refractivity contribution is 0.103. The number of benzene rings is 2.